The summed E-state index contributed by atoms with van der Waals surface area (Å²) in [6, 6.07) is 4.94. The van der Waals surface area contributed by atoms with Crippen LogP contribution in [0, 0.1) is 10.1 Å². The summed E-state index contributed by atoms with van der Waals surface area (Å²) in [5.74, 6) is 0.0225. The van der Waals surface area contributed by atoms with E-state index in [9.17, 15) is 48.7 Å². The highest BCUT2D eigenvalue weighted by Crippen LogP contribution is 2.68. The molecule has 42 heavy (non-hydrogen) atoms. The third-order valence-corrected chi connectivity index (χ3v) is 10.0. The number of imidazole rings is 1. The highest BCUT2D eigenvalue weighted by Gasteiger charge is 2.47. The Morgan fingerprint density at radius 2 is 1.74 bits per heavy atom. The summed E-state index contributed by atoms with van der Waals surface area (Å²) in [6.07, 6.45) is -5.44. The number of aliphatic hydroxyl groups is 2. The van der Waals surface area contributed by atoms with E-state index in [0.29, 0.717) is 0 Å². The Hall–Kier alpha value is -2.74. The van der Waals surface area contributed by atoms with Gasteiger partial charge in [-0.2, -0.15) is 8.62 Å². The van der Waals surface area contributed by atoms with E-state index in [2.05, 4.69) is 32.6 Å². The Morgan fingerprint density at radius 1 is 1.07 bits per heavy atom. The van der Waals surface area contributed by atoms with Crippen LogP contribution in [0.3, 0.4) is 0 Å². The van der Waals surface area contributed by atoms with Gasteiger partial charge in [0.25, 0.3) is 5.69 Å². The molecule has 230 valence electrons. The van der Waals surface area contributed by atoms with Gasteiger partial charge in [0.05, 0.1) is 29.5 Å². The lowest BCUT2D eigenvalue weighted by Gasteiger charge is -2.21. The number of fused-ring (bicyclic) bond motifs is 1. The minimum absolute atomic E-state index is 0.0225. The van der Waals surface area contributed by atoms with Crippen molar-refractivity contribution in [1.82, 2.24) is 19.5 Å². The number of para-hydroxylation sites is 1. The van der Waals surface area contributed by atoms with Crippen LogP contribution < -0.4 is 5.73 Å². The highest BCUT2D eigenvalue weighted by atomic mass is 31.3. The number of phosphoric acid groups is 3. The molecule has 8 atom stereocenters. The van der Waals surface area contributed by atoms with Crippen LogP contribution in [0.4, 0.5) is 11.5 Å². The number of aliphatic hydroxyl groups excluding tert-OH is 2. The maximum Gasteiger partial charge on any atom is 0.490 e. The van der Waals surface area contributed by atoms with Gasteiger partial charge in [0.2, 0.25) is 0 Å². The van der Waals surface area contributed by atoms with Gasteiger partial charge in [0.1, 0.15) is 30.2 Å². The first-order chi connectivity index (χ1) is 19.5. The number of nitrogen functional groups attached to an aromatic ring is 1. The monoisotopic (exact) mass is 656 g/mol. The van der Waals surface area contributed by atoms with Crippen molar-refractivity contribution in [2.45, 2.75) is 37.6 Å². The number of aromatic nitrogens is 4. The highest BCUT2D eigenvalue weighted by molar-refractivity contribution is 7.66. The van der Waals surface area contributed by atoms with Crippen LogP contribution in [-0.4, -0.2) is 74.3 Å². The molecule has 0 amide bonds. The summed E-state index contributed by atoms with van der Waals surface area (Å²) < 4.78 is 60.8. The van der Waals surface area contributed by atoms with Gasteiger partial charge in [0.15, 0.2) is 17.7 Å². The van der Waals surface area contributed by atoms with Crippen molar-refractivity contribution >= 4 is 46.1 Å². The molecule has 1 saturated heterocycles. The molecule has 0 radical (unpaired) electrons. The van der Waals surface area contributed by atoms with Crippen molar-refractivity contribution in [1.29, 1.82) is 0 Å². The Balaban J connectivity index is 1.37. The van der Waals surface area contributed by atoms with Crippen molar-refractivity contribution in [3.8, 4) is 0 Å². The van der Waals surface area contributed by atoms with E-state index in [4.69, 9.17) is 10.5 Å². The van der Waals surface area contributed by atoms with Crippen LogP contribution in [0.1, 0.15) is 24.8 Å². The molecule has 7 N–H and O–H groups in total. The van der Waals surface area contributed by atoms with Crippen LogP contribution in [0.15, 0.2) is 36.9 Å². The van der Waals surface area contributed by atoms with Crippen molar-refractivity contribution < 1.29 is 65.9 Å². The predicted molar refractivity (Wildman–Crippen MR) is 136 cm³/mol. The maximum absolute atomic E-state index is 12.3. The van der Waals surface area contributed by atoms with E-state index < -0.39 is 71.3 Å². The van der Waals surface area contributed by atoms with Crippen molar-refractivity contribution in [2.75, 3.05) is 12.3 Å². The molecule has 0 spiro atoms. The zero-order valence-corrected chi connectivity index (χ0v) is 23.7. The Morgan fingerprint density at radius 3 is 2.43 bits per heavy atom. The fourth-order valence-corrected chi connectivity index (χ4v) is 7.56. The van der Waals surface area contributed by atoms with Crippen LogP contribution >= 0.6 is 23.5 Å². The molecule has 0 bridgehead atoms. The molecule has 21 nitrogen and oxygen atoms in total. The summed E-state index contributed by atoms with van der Waals surface area (Å²) in [4.78, 5) is 51.7. The number of nitrogens with zero attached hydrogens (tertiary/aromatic N) is 5. The Kier molecular flexibility index (Phi) is 9.27. The van der Waals surface area contributed by atoms with Crippen LogP contribution in [0.25, 0.3) is 11.2 Å². The van der Waals surface area contributed by atoms with E-state index in [1.165, 1.54) is 29.1 Å². The normalized spacial score (nSPS) is 25.9. The first-order valence-electron chi connectivity index (χ1n) is 11.4. The second kappa shape index (κ2) is 12.1. The molecule has 1 aromatic carbocycles. The van der Waals surface area contributed by atoms with Crippen LogP contribution in [-0.2, 0) is 36.1 Å². The third kappa shape index (κ3) is 7.24. The number of benzene rings is 1. The average Bonchev–Trinajstić information content (AvgIpc) is 3.42. The van der Waals surface area contributed by atoms with Gasteiger partial charge in [-0.25, -0.2) is 28.6 Å². The molecule has 1 aliphatic heterocycles. The Bertz CT molecular complexity index is 1620. The van der Waals surface area contributed by atoms with Gasteiger partial charge in [-0.05, 0) is 13.0 Å². The maximum atomic E-state index is 12.3. The number of nitro groups is 1. The first-order valence-corrected chi connectivity index (χ1v) is 15.9. The molecule has 24 heteroatoms. The number of nitro benzene ring substituents is 1. The predicted octanol–water partition coefficient (Wildman–Crippen LogP) is 1.06. The van der Waals surface area contributed by atoms with E-state index in [0.717, 1.165) is 19.3 Å². The standard InChI is InChI=1S/C18H23N6O15P3/c1-9(10-4-2-3-5-11(10)24(27)28)37-41(31,32)39-42(33,34)38-40(29,30)35-6-12-14(25)15(26)18(36-12)23-8-22-13-16(19)20-7-21-17(13)23/h2-5,7-9,12,14-15,18,25-26H,6H2,1H3,(H,29,30)(H,31,32)(H,33,34)(H2,19,20,21)/t9?,12-,14?,15?,18-/m0/s1. The molecule has 3 aromatic rings. The molecule has 2 aromatic heterocycles. The second-order valence-electron chi connectivity index (χ2n) is 8.56. The second-order valence-corrected chi connectivity index (χ2v) is 13.1. The SMILES string of the molecule is CC(OP(=O)(O)OP(=O)(O)OP(=O)(O)OC[C@@H]1O[C@H](n2cnc3c(N)ncnc32)C(O)C1O)c1ccccc1[N+](=O)[O-]. The minimum Gasteiger partial charge on any atom is -0.387 e. The summed E-state index contributed by atoms with van der Waals surface area (Å²) in [6.45, 7) is 0.0924. The average molecular weight is 656 g/mol. The van der Waals surface area contributed by atoms with Gasteiger partial charge in [0, 0.05) is 6.07 Å². The smallest absolute Gasteiger partial charge is 0.387 e. The molecular weight excluding hydrogens is 633 g/mol. The number of hydrogen-bond donors (Lipinski definition) is 6. The molecule has 0 aliphatic carbocycles. The number of anilines is 1. The molecule has 6 unspecified atom stereocenters. The third-order valence-electron chi connectivity index (χ3n) is 5.68. The first kappa shape index (κ1) is 32.2. The van der Waals surface area contributed by atoms with Gasteiger partial charge in [-0.1, -0.05) is 12.1 Å². The zero-order chi connectivity index (χ0) is 31.0. The summed E-state index contributed by atoms with van der Waals surface area (Å²) in [5.41, 5.74) is 5.32. The lowest BCUT2D eigenvalue weighted by Crippen LogP contribution is -2.33. The van der Waals surface area contributed by atoms with Crippen molar-refractivity contribution in [3.05, 3.63) is 52.6 Å². The molecule has 1 aliphatic rings. The molecule has 0 saturated carbocycles. The fourth-order valence-electron chi connectivity index (χ4n) is 3.89. The summed E-state index contributed by atoms with van der Waals surface area (Å²) in [7, 11) is -17.0. The largest absolute Gasteiger partial charge is 0.490 e. The lowest BCUT2D eigenvalue weighted by atomic mass is 10.1. The Labute approximate surface area is 234 Å². The number of phosphoric ester groups is 2. The van der Waals surface area contributed by atoms with E-state index >= 15 is 0 Å². The van der Waals surface area contributed by atoms with E-state index in [1.807, 2.05) is 0 Å². The topological polar surface area (TPSA) is 311 Å². The zero-order valence-electron chi connectivity index (χ0n) is 21.0. The number of ether oxygens (including phenoxy) is 1. The molecular formula is C18H23N6O15P3. The van der Waals surface area contributed by atoms with Crippen LogP contribution in [0.2, 0.25) is 0 Å². The quantitative estimate of drug-likeness (QED) is 0.0901. The van der Waals surface area contributed by atoms with E-state index in [-0.39, 0.29) is 22.5 Å². The molecule has 1 fully saturated rings. The minimum atomic E-state index is -5.89. The van der Waals surface area contributed by atoms with Gasteiger partial charge < -0.3 is 35.4 Å². The van der Waals surface area contributed by atoms with Crippen molar-refractivity contribution in [2.24, 2.45) is 0 Å². The summed E-state index contributed by atoms with van der Waals surface area (Å²) >= 11 is 0. The van der Waals surface area contributed by atoms with Gasteiger partial charge in [-0.3, -0.25) is 23.7 Å². The van der Waals surface area contributed by atoms with Crippen molar-refractivity contribution in [3.63, 3.8) is 0 Å². The number of hydrogen-bond acceptors (Lipinski definition) is 16. The number of nitrogens with two attached hydrogens (primary N) is 1. The number of rotatable bonds is 12. The molecule has 3 heterocycles. The lowest BCUT2D eigenvalue weighted by molar-refractivity contribution is -0.386. The van der Waals surface area contributed by atoms with Crippen LogP contribution in [0.5, 0.6) is 0 Å². The summed E-state index contributed by atoms with van der Waals surface area (Å²) in [5, 5.41) is 32.0. The fraction of sp³-hybridized carbons (Fsp3) is 0.389. The van der Waals surface area contributed by atoms with Gasteiger partial charge in [-0.15, -0.1) is 0 Å². The molecule has 4 rings (SSSR count). The van der Waals surface area contributed by atoms with E-state index in [1.54, 1.807) is 0 Å². The van der Waals surface area contributed by atoms with Gasteiger partial charge >= 0.3 is 23.5 Å².